The van der Waals surface area contributed by atoms with Gasteiger partial charge in [-0.1, -0.05) is 11.6 Å². The first-order valence-electron chi connectivity index (χ1n) is 6.02. The fourth-order valence-corrected chi connectivity index (χ4v) is 1.66. The highest BCUT2D eigenvalue weighted by atomic mass is 35.5. The summed E-state index contributed by atoms with van der Waals surface area (Å²) in [5.74, 6) is -0.844. The summed E-state index contributed by atoms with van der Waals surface area (Å²) in [7, 11) is 1.40. The van der Waals surface area contributed by atoms with Crippen molar-refractivity contribution in [2.24, 2.45) is 0 Å². The van der Waals surface area contributed by atoms with Gasteiger partial charge in [0, 0.05) is 12.6 Å². The fraction of sp³-hybridized carbons (Fsp3) is 0.385. The molecule has 0 aliphatic carbocycles. The van der Waals surface area contributed by atoms with E-state index in [0.29, 0.717) is 6.54 Å². The van der Waals surface area contributed by atoms with Gasteiger partial charge in [-0.3, -0.25) is 4.79 Å². The summed E-state index contributed by atoms with van der Waals surface area (Å²) in [6, 6.07) is 2.78. The Hall–Kier alpha value is -1.95. The molecule has 110 valence electrons. The number of halogens is 1. The third-order valence-electron chi connectivity index (χ3n) is 2.54. The summed E-state index contributed by atoms with van der Waals surface area (Å²) in [6.07, 6.45) is -0.913. The number of carbonyl (C=O) groups excluding carboxylic acids is 2. The number of nitrogens with one attached hydrogen (secondary N) is 1. The van der Waals surface area contributed by atoms with Gasteiger partial charge in [-0.2, -0.15) is 0 Å². The number of likely N-dealkylation sites (N-methyl/N-ethyl adjacent to an activating group) is 1. The zero-order valence-electron chi connectivity index (χ0n) is 11.5. The lowest BCUT2D eigenvalue weighted by molar-refractivity contribution is -0.128. The van der Waals surface area contributed by atoms with Gasteiger partial charge in [-0.25, -0.2) is 4.79 Å². The van der Waals surface area contributed by atoms with Crippen molar-refractivity contribution < 1.29 is 19.1 Å². The predicted molar refractivity (Wildman–Crippen MR) is 76.0 cm³/mol. The Labute approximate surface area is 122 Å². The van der Waals surface area contributed by atoms with Crippen molar-refractivity contribution in [1.29, 1.82) is 0 Å². The predicted octanol–water partition coefficient (Wildman–Crippen LogP) is 1.61. The molecule has 0 radical (unpaired) electrons. The normalized spacial score (nSPS) is 11.6. The van der Waals surface area contributed by atoms with Gasteiger partial charge in [0.15, 0.2) is 6.10 Å². The first kappa shape index (κ1) is 16.1. The third kappa shape index (κ3) is 3.77. The maximum Gasteiger partial charge on any atom is 0.342 e. The molecule has 6 nitrogen and oxygen atoms in total. The Morgan fingerprint density at radius 3 is 2.65 bits per heavy atom. The first-order valence-corrected chi connectivity index (χ1v) is 6.40. The van der Waals surface area contributed by atoms with Gasteiger partial charge in [0.1, 0.15) is 11.3 Å². The van der Waals surface area contributed by atoms with Gasteiger partial charge in [-0.05, 0) is 19.9 Å². The minimum Gasteiger partial charge on any atom is -0.496 e. The van der Waals surface area contributed by atoms with Crippen LogP contribution in [0.3, 0.4) is 0 Å². The number of amides is 1. The second-order valence-corrected chi connectivity index (χ2v) is 4.42. The molecule has 0 fully saturated rings. The molecular weight excluding hydrogens is 284 g/mol. The van der Waals surface area contributed by atoms with Gasteiger partial charge in [0.25, 0.3) is 5.91 Å². The van der Waals surface area contributed by atoms with Crippen LogP contribution in [0.15, 0.2) is 12.1 Å². The highest BCUT2D eigenvalue weighted by Crippen LogP contribution is 2.29. The number of benzene rings is 1. The van der Waals surface area contributed by atoms with E-state index in [2.05, 4.69) is 5.32 Å². The summed E-state index contributed by atoms with van der Waals surface area (Å²) in [5, 5.41) is 2.77. The number of anilines is 1. The Morgan fingerprint density at radius 2 is 2.10 bits per heavy atom. The zero-order chi connectivity index (χ0) is 15.3. The van der Waals surface area contributed by atoms with Crippen LogP contribution in [-0.2, 0) is 9.53 Å². The molecule has 0 aromatic heterocycles. The van der Waals surface area contributed by atoms with Crippen LogP contribution in [0.25, 0.3) is 0 Å². The van der Waals surface area contributed by atoms with Crippen molar-refractivity contribution in [1.82, 2.24) is 5.32 Å². The maximum atomic E-state index is 12.0. The average molecular weight is 301 g/mol. The van der Waals surface area contributed by atoms with Crippen molar-refractivity contribution in [3.63, 3.8) is 0 Å². The van der Waals surface area contributed by atoms with E-state index in [1.807, 2.05) is 0 Å². The summed E-state index contributed by atoms with van der Waals surface area (Å²) in [6.45, 7) is 3.71. The number of nitrogen functional groups attached to an aromatic ring is 1. The molecule has 0 aliphatic heterocycles. The van der Waals surface area contributed by atoms with Crippen LogP contribution < -0.4 is 15.8 Å². The van der Waals surface area contributed by atoms with E-state index in [0.717, 1.165) is 0 Å². The largest absolute Gasteiger partial charge is 0.496 e. The molecule has 1 aromatic rings. The van der Waals surface area contributed by atoms with E-state index < -0.39 is 12.1 Å². The summed E-state index contributed by atoms with van der Waals surface area (Å²) in [4.78, 5) is 23.5. The fourth-order valence-electron chi connectivity index (χ4n) is 1.49. The van der Waals surface area contributed by atoms with Gasteiger partial charge in [0.2, 0.25) is 0 Å². The van der Waals surface area contributed by atoms with E-state index in [1.165, 1.54) is 26.2 Å². The molecule has 0 saturated carbocycles. The highest BCUT2D eigenvalue weighted by Gasteiger charge is 2.22. The number of carbonyl (C=O) groups is 2. The molecule has 3 N–H and O–H groups in total. The van der Waals surface area contributed by atoms with Crippen LogP contribution in [-0.4, -0.2) is 31.6 Å². The van der Waals surface area contributed by atoms with Gasteiger partial charge < -0.3 is 20.5 Å². The van der Waals surface area contributed by atoms with E-state index in [-0.39, 0.29) is 27.9 Å². The molecule has 7 heteroatoms. The quantitative estimate of drug-likeness (QED) is 0.637. The smallest absolute Gasteiger partial charge is 0.342 e. The summed E-state index contributed by atoms with van der Waals surface area (Å²) in [5.41, 5.74) is 6.03. The molecule has 0 heterocycles. The van der Waals surface area contributed by atoms with Gasteiger partial charge in [-0.15, -0.1) is 0 Å². The molecule has 1 aromatic carbocycles. The molecule has 1 atom stereocenters. The van der Waals surface area contributed by atoms with E-state index in [1.54, 1.807) is 6.92 Å². The number of nitrogens with two attached hydrogens (primary N) is 1. The van der Waals surface area contributed by atoms with E-state index in [4.69, 9.17) is 26.8 Å². The molecule has 0 aliphatic rings. The second-order valence-electron chi connectivity index (χ2n) is 4.02. The second kappa shape index (κ2) is 7.00. The summed E-state index contributed by atoms with van der Waals surface area (Å²) < 4.78 is 10.1. The van der Waals surface area contributed by atoms with Gasteiger partial charge >= 0.3 is 5.97 Å². The molecular formula is C13H17ClN2O4. The van der Waals surface area contributed by atoms with Crippen molar-refractivity contribution >= 4 is 29.2 Å². The van der Waals surface area contributed by atoms with Crippen LogP contribution in [0.1, 0.15) is 24.2 Å². The number of methoxy groups -OCH3 is 1. The monoisotopic (exact) mass is 300 g/mol. The minimum atomic E-state index is -0.913. The summed E-state index contributed by atoms with van der Waals surface area (Å²) >= 11 is 5.87. The number of rotatable bonds is 5. The zero-order valence-corrected chi connectivity index (χ0v) is 12.3. The topological polar surface area (TPSA) is 90.7 Å². The average Bonchev–Trinajstić information content (AvgIpc) is 2.41. The molecule has 0 bridgehead atoms. The Kier molecular flexibility index (Phi) is 5.64. The molecule has 0 saturated heterocycles. The van der Waals surface area contributed by atoms with Crippen LogP contribution in [0.4, 0.5) is 5.69 Å². The number of esters is 1. The van der Waals surface area contributed by atoms with Crippen LogP contribution in [0.5, 0.6) is 5.75 Å². The third-order valence-corrected chi connectivity index (χ3v) is 2.87. The van der Waals surface area contributed by atoms with E-state index in [9.17, 15) is 9.59 Å². The Morgan fingerprint density at radius 1 is 1.45 bits per heavy atom. The molecule has 0 unspecified atom stereocenters. The first-order chi connectivity index (χ1) is 9.40. The number of ether oxygens (including phenoxy) is 2. The minimum absolute atomic E-state index is 0.114. The van der Waals surface area contributed by atoms with Crippen molar-refractivity contribution in [2.45, 2.75) is 20.0 Å². The van der Waals surface area contributed by atoms with Crippen molar-refractivity contribution in [3.8, 4) is 5.75 Å². The lowest BCUT2D eigenvalue weighted by Crippen LogP contribution is -2.35. The Bertz CT molecular complexity index is 519. The lowest BCUT2D eigenvalue weighted by atomic mass is 10.2. The highest BCUT2D eigenvalue weighted by molar-refractivity contribution is 6.33. The SMILES string of the molecule is CCNC(=O)[C@H](C)OC(=O)c1cc(Cl)c(N)cc1OC. The van der Waals surface area contributed by atoms with Gasteiger partial charge in [0.05, 0.1) is 17.8 Å². The maximum absolute atomic E-state index is 12.0. The van der Waals surface area contributed by atoms with Crippen molar-refractivity contribution in [3.05, 3.63) is 22.7 Å². The number of hydrogen-bond donors (Lipinski definition) is 2. The van der Waals surface area contributed by atoms with E-state index >= 15 is 0 Å². The molecule has 1 amide bonds. The van der Waals surface area contributed by atoms with Crippen molar-refractivity contribution in [2.75, 3.05) is 19.4 Å². The molecule has 0 spiro atoms. The van der Waals surface area contributed by atoms with Crippen LogP contribution in [0.2, 0.25) is 5.02 Å². The molecule has 20 heavy (non-hydrogen) atoms. The number of hydrogen-bond acceptors (Lipinski definition) is 5. The standard InChI is InChI=1S/C13H17ClN2O4/c1-4-16-12(17)7(2)20-13(18)8-5-9(14)10(15)6-11(8)19-3/h5-7H,4,15H2,1-3H3,(H,16,17)/t7-/m0/s1. The molecule has 1 rings (SSSR count). The van der Waals surface area contributed by atoms with Crippen LogP contribution >= 0.6 is 11.6 Å². The van der Waals surface area contributed by atoms with Crippen LogP contribution in [0, 0.1) is 0 Å². The Balaban J connectivity index is 2.92. The lowest BCUT2D eigenvalue weighted by Gasteiger charge is -2.14.